The van der Waals surface area contributed by atoms with Crippen LogP contribution in [0.1, 0.15) is 27.6 Å². The molecule has 0 saturated carbocycles. The Hall–Kier alpha value is -2.95. The Morgan fingerprint density at radius 1 is 1.00 bits per heavy atom. The molecule has 9 nitrogen and oxygen atoms in total. The van der Waals surface area contributed by atoms with Gasteiger partial charge in [0.2, 0.25) is 10.0 Å². The number of rotatable bonds is 7. The van der Waals surface area contributed by atoms with Crippen LogP contribution in [0.2, 0.25) is 0 Å². The van der Waals surface area contributed by atoms with Crippen molar-refractivity contribution in [2.24, 2.45) is 0 Å². The third-order valence-corrected chi connectivity index (χ3v) is 6.80. The predicted molar refractivity (Wildman–Crippen MR) is 122 cm³/mol. The van der Waals surface area contributed by atoms with Crippen molar-refractivity contribution in [1.82, 2.24) is 14.5 Å². The molecule has 1 saturated heterocycles. The van der Waals surface area contributed by atoms with E-state index in [9.17, 15) is 18.0 Å². The van der Waals surface area contributed by atoms with E-state index in [2.05, 4.69) is 14.9 Å². The van der Waals surface area contributed by atoms with Crippen LogP contribution in [0.5, 0.6) is 5.75 Å². The highest BCUT2D eigenvalue weighted by molar-refractivity contribution is 7.89. The number of nitrogens with one attached hydrogen (secondary N) is 2. The summed E-state index contributed by atoms with van der Waals surface area (Å²) in [6.45, 7) is 4.92. The topological polar surface area (TPSA) is 108 Å². The number of hydrogen-bond donors (Lipinski definition) is 2. The van der Waals surface area contributed by atoms with E-state index in [0.717, 1.165) is 13.1 Å². The molecule has 0 spiro atoms. The van der Waals surface area contributed by atoms with E-state index in [1.165, 1.54) is 25.3 Å². The van der Waals surface area contributed by atoms with E-state index < -0.39 is 15.9 Å². The van der Waals surface area contributed by atoms with Gasteiger partial charge in [-0.15, -0.1) is 0 Å². The molecule has 0 radical (unpaired) electrons. The second-order valence-electron chi connectivity index (χ2n) is 7.49. The number of benzene rings is 2. The van der Waals surface area contributed by atoms with Crippen LogP contribution < -0.4 is 14.8 Å². The zero-order valence-electron chi connectivity index (χ0n) is 18.4. The maximum atomic E-state index is 12.7. The summed E-state index contributed by atoms with van der Waals surface area (Å²) in [5.74, 6) is -0.363. The van der Waals surface area contributed by atoms with Crippen LogP contribution in [-0.4, -0.2) is 76.9 Å². The second-order valence-corrected chi connectivity index (χ2v) is 9.23. The van der Waals surface area contributed by atoms with E-state index in [-0.39, 0.29) is 28.7 Å². The van der Waals surface area contributed by atoms with Crippen molar-refractivity contribution >= 4 is 27.5 Å². The number of methoxy groups -OCH3 is 1. The molecule has 0 aliphatic carbocycles. The fourth-order valence-electron chi connectivity index (χ4n) is 3.39. The minimum atomic E-state index is -3.81. The number of amides is 2. The molecule has 32 heavy (non-hydrogen) atoms. The van der Waals surface area contributed by atoms with Gasteiger partial charge < -0.3 is 19.9 Å². The summed E-state index contributed by atoms with van der Waals surface area (Å²) in [4.78, 5) is 29.2. The van der Waals surface area contributed by atoms with Gasteiger partial charge in [-0.3, -0.25) is 9.59 Å². The Morgan fingerprint density at radius 2 is 1.62 bits per heavy atom. The van der Waals surface area contributed by atoms with Gasteiger partial charge in [0, 0.05) is 49.5 Å². The average Bonchev–Trinajstić information content (AvgIpc) is 2.79. The van der Waals surface area contributed by atoms with E-state index in [4.69, 9.17) is 4.74 Å². The molecular formula is C22H28N4O5S. The van der Waals surface area contributed by atoms with Gasteiger partial charge in [0.15, 0.2) is 0 Å². The first-order valence-electron chi connectivity index (χ1n) is 10.3. The molecule has 0 aromatic heterocycles. The largest absolute Gasteiger partial charge is 0.495 e. The highest BCUT2D eigenvalue weighted by Crippen LogP contribution is 2.25. The minimum Gasteiger partial charge on any atom is -0.495 e. The second kappa shape index (κ2) is 10.1. The van der Waals surface area contributed by atoms with Gasteiger partial charge in [-0.2, -0.15) is 0 Å². The first-order chi connectivity index (χ1) is 15.2. The molecule has 1 aliphatic rings. The molecule has 0 unspecified atom stereocenters. The summed E-state index contributed by atoms with van der Waals surface area (Å²) in [5.41, 5.74) is 1.22. The standard InChI is InChI=1S/C22H28N4O5S/c1-4-23-32(29,30)20-15-17(7-10-19(20)31-3)21(27)24-18-8-5-16(6-9-18)22(28)26-13-11-25(2)12-14-26/h5-10,15,23H,4,11-14H2,1-3H3,(H,24,27). The van der Waals surface area contributed by atoms with Crippen LogP contribution in [0.4, 0.5) is 5.69 Å². The molecule has 1 aliphatic heterocycles. The minimum absolute atomic E-state index is 0.0376. The smallest absolute Gasteiger partial charge is 0.255 e. The van der Waals surface area contributed by atoms with Crippen LogP contribution in [-0.2, 0) is 10.0 Å². The third kappa shape index (κ3) is 5.45. The summed E-state index contributed by atoms with van der Waals surface area (Å²) in [6.07, 6.45) is 0. The molecule has 10 heteroatoms. The number of anilines is 1. The number of carbonyl (C=O) groups is 2. The van der Waals surface area contributed by atoms with Crippen molar-refractivity contribution < 1.29 is 22.7 Å². The summed E-state index contributed by atoms with van der Waals surface area (Å²) < 4.78 is 32.4. The molecule has 0 atom stereocenters. The van der Waals surface area contributed by atoms with Gasteiger partial charge in [-0.05, 0) is 49.5 Å². The van der Waals surface area contributed by atoms with Crippen molar-refractivity contribution in [3.63, 3.8) is 0 Å². The first kappa shape index (κ1) is 23.7. The number of hydrogen-bond acceptors (Lipinski definition) is 6. The maximum Gasteiger partial charge on any atom is 0.255 e. The monoisotopic (exact) mass is 460 g/mol. The fourth-order valence-corrected chi connectivity index (χ4v) is 4.62. The number of carbonyl (C=O) groups excluding carboxylic acids is 2. The SMILES string of the molecule is CCNS(=O)(=O)c1cc(C(=O)Nc2ccc(C(=O)N3CCN(C)CC3)cc2)ccc1OC. The van der Waals surface area contributed by atoms with Gasteiger partial charge in [0.1, 0.15) is 10.6 Å². The zero-order valence-corrected chi connectivity index (χ0v) is 19.2. The molecule has 3 rings (SSSR count). The predicted octanol–water partition coefficient (Wildman–Crippen LogP) is 1.63. The van der Waals surface area contributed by atoms with Gasteiger partial charge in [-0.25, -0.2) is 13.1 Å². The lowest BCUT2D eigenvalue weighted by Gasteiger charge is -2.32. The lowest BCUT2D eigenvalue weighted by Crippen LogP contribution is -2.47. The lowest BCUT2D eigenvalue weighted by molar-refractivity contribution is 0.0664. The van der Waals surface area contributed by atoms with Crippen molar-refractivity contribution in [3.8, 4) is 5.75 Å². The molecule has 2 amide bonds. The van der Waals surface area contributed by atoms with E-state index in [1.807, 2.05) is 11.9 Å². The molecule has 2 N–H and O–H groups in total. The number of likely N-dealkylation sites (N-methyl/N-ethyl adjacent to an activating group) is 1. The van der Waals surface area contributed by atoms with Gasteiger partial charge in [-0.1, -0.05) is 6.92 Å². The van der Waals surface area contributed by atoms with Crippen LogP contribution in [0.25, 0.3) is 0 Å². The van der Waals surface area contributed by atoms with E-state index in [0.29, 0.717) is 24.3 Å². The summed E-state index contributed by atoms with van der Waals surface area (Å²) >= 11 is 0. The molecule has 2 aromatic carbocycles. The number of sulfonamides is 1. The highest BCUT2D eigenvalue weighted by atomic mass is 32.2. The molecule has 172 valence electrons. The van der Waals surface area contributed by atoms with Gasteiger partial charge in [0.05, 0.1) is 7.11 Å². The van der Waals surface area contributed by atoms with Crippen molar-refractivity contribution in [1.29, 1.82) is 0 Å². The van der Waals surface area contributed by atoms with Crippen LogP contribution in [0.15, 0.2) is 47.4 Å². The lowest BCUT2D eigenvalue weighted by atomic mass is 10.1. The Bertz CT molecular complexity index is 1080. The summed E-state index contributed by atoms with van der Waals surface area (Å²) in [6, 6.07) is 10.9. The van der Waals surface area contributed by atoms with Crippen molar-refractivity contribution in [2.45, 2.75) is 11.8 Å². The molecule has 0 bridgehead atoms. The Balaban J connectivity index is 1.73. The molecule has 1 fully saturated rings. The zero-order chi connectivity index (χ0) is 23.3. The Kier molecular flexibility index (Phi) is 7.49. The van der Waals surface area contributed by atoms with Crippen LogP contribution in [0, 0.1) is 0 Å². The van der Waals surface area contributed by atoms with Crippen LogP contribution >= 0.6 is 0 Å². The van der Waals surface area contributed by atoms with Gasteiger partial charge >= 0.3 is 0 Å². The third-order valence-electron chi connectivity index (χ3n) is 5.23. The van der Waals surface area contributed by atoms with Crippen molar-refractivity contribution in [3.05, 3.63) is 53.6 Å². The molecule has 2 aromatic rings. The molecule has 1 heterocycles. The first-order valence-corrected chi connectivity index (χ1v) is 11.8. The quantitative estimate of drug-likeness (QED) is 0.650. The Morgan fingerprint density at radius 3 is 2.22 bits per heavy atom. The summed E-state index contributed by atoms with van der Waals surface area (Å²) in [7, 11) is -0.417. The van der Waals surface area contributed by atoms with E-state index >= 15 is 0 Å². The van der Waals surface area contributed by atoms with Crippen LogP contribution in [0.3, 0.4) is 0 Å². The maximum absolute atomic E-state index is 12.7. The van der Waals surface area contributed by atoms with E-state index in [1.54, 1.807) is 31.2 Å². The number of ether oxygens (including phenoxy) is 1. The normalized spacial score (nSPS) is 14.8. The average molecular weight is 461 g/mol. The fraction of sp³-hybridized carbons (Fsp3) is 0.364. The van der Waals surface area contributed by atoms with Crippen molar-refractivity contribution in [2.75, 3.05) is 52.2 Å². The number of nitrogens with zero attached hydrogens (tertiary/aromatic N) is 2. The molecular weight excluding hydrogens is 432 g/mol. The number of piperazine rings is 1. The highest BCUT2D eigenvalue weighted by Gasteiger charge is 2.22. The van der Waals surface area contributed by atoms with Gasteiger partial charge in [0.25, 0.3) is 11.8 Å². The Labute approximate surface area is 188 Å². The summed E-state index contributed by atoms with van der Waals surface area (Å²) in [5, 5.41) is 2.73.